The number of carbonyl (C=O) groups excluding carboxylic acids is 2. The van der Waals surface area contributed by atoms with E-state index in [9.17, 15) is 9.59 Å². The van der Waals surface area contributed by atoms with E-state index in [-0.39, 0.29) is 18.2 Å². The predicted molar refractivity (Wildman–Crippen MR) is 114 cm³/mol. The molecule has 5 heteroatoms. The molecular weight excluding hydrogens is 405 g/mol. The number of hydrogen-bond donors (Lipinski definition) is 0. The Kier molecular flexibility index (Phi) is 4.09. The Morgan fingerprint density at radius 3 is 1.79 bits per heavy atom. The maximum absolute atomic E-state index is 13.7. The van der Waals surface area contributed by atoms with Crippen LogP contribution in [-0.2, 0) is 15.0 Å². The van der Waals surface area contributed by atoms with Gasteiger partial charge in [0.15, 0.2) is 0 Å². The highest BCUT2D eigenvalue weighted by atomic mass is 35.5. The summed E-state index contributed by atoms with van der Waals surface area (Å²) in [5.74, 6) is -0.407. The minimum Gasteiger partial charge on any atom is -0.274 e. The summed E-state index contributed by atoms with van der Waals surface area (Å²) >= 11 is 12.2. The summed E-state index contributed by atoms with van der Waals surface area (Å²) < 4.78 is 0. The molecule has 2 fully saturated rings. The quantitative estimate of drug-likeness (QED) is 0.513. The molecule has 1 heterocycles. The molecule has 144 valence electrons. The van der Waals surface area contributed by atoms with Gasteiger partial charge < -0.3 is 0 Å². The first kappa shape index (κ1) is 18.4. The number of benzene rings is 3. The highest BCUT2D eigenvalue weighted by Crippen LogP contribution is 2.72. The maximum Gasteiger partial charge on any atom is 0.241 e. The van der Waals surface area contributed by atoms with Crippen LogP contribution in [0.3, 0.4) is 0 Å². The lowest BCUT2D eigenvalue weighted by Gasteiger charge is -2.23. The standard InChI is InChI=1S/C24H17Cl2NO2/c25-18-11-19(26)13-20(12-18)27-21(28)14-23(22(27)29)15-24(23,16-7-3-1-4-8-16)17-9-5-2-6-10-17/h1-13H,14-15H2/t23-/m0/s1. The monoisotopic (exact) mass is 421 g/mol. The van der Waals surface area contributed by atoms with Gasteiger partial charge in [-0.2, -0.15) is 0 Å². The number of halogens is 2. The Hall–Kier alpha value is -2.62. The van der Waals surface area contributed by atoms with E-state index < -0.39 is 10.8 Å². The lowest BCUT2D eigenvalue weighted by molar-refractivity contribution is -0.123. The average molecular weight is 422 g/mol. The van der Waals surface area contributed by atoms with Crippen LogP contribution in [0.25, 0.3) is 0 Å². The molecule has 3 aromatic rings. The third-order valence-electron chi connectivity index (χ3n) is 6.21. The van der Waals surface area contributed by atoms with Crippen LogP contribution in [-0.4, -0.2) is 11.8 Å². The molecule has 29 heavy (non-hydrogen) atoms. The van der Waals surface area contributed by atoms with E-state index in [1.165, 1.54) is 4.90 Å². The van der Waals surface area contributed by atoms with Gasteiger partial charge in [-0.05, 0) is 35.7 Å². The number of hydrogen-bond acceptors (Lipinski definition) is 2. The summed E-state index contributed by atoms with van der Waals surface area (Å²) in [7, 11) is 0. The Bertz CT molecular complexity index is 1070. The smallest absolute Gasteiger partial charge is 0.241 e. The second kappa shape index (κ2) is 6.45. The lowest BCUT2D eigenvalue weighted by Crippen LogP contribution is -2.33. The summed E-state index contributed by atoms with van der Waals surface area (Å²) in [4.78, 5) is 28.0. The fourth-order valence-electron chi connectivity index (χ4n) is 4.92. The molecule has 1 saturated heterocycles. The van der Waals surface area contributed by atoms with Gasteiger partial charge in [0.2, 0.25) is 11.8 Å². The van der Waals surface area contributed by atoms with Crippen molar-refractivity contribution in [2.45, 2.75) is 18.3 Å². The molecule has 1 spiro atoms. The van der Waals surface area contributed by atoms with E-state index in [1.807, 2.05) is 60.7 Å². The average Bonchev–Trinajstić information content (AvgIpc) is 3.32. The normalized spacial score (nSPS) is 22.3. The molecule has 1 aliphatic carbocycles. The zero-order valence-corrected chi connectivity index (χ0v) is 17.0. The fourth-order valence-corrected chi connectivity index (χ4v) is 5.43. The molecule has 1 atom stereocenters. The maximum atomic E-state index is 13.7. The number of rotatable bonds is 3. The highest BCUT2D eigenvalue weighted by molar-refractivity contribution is 6.36. The van der Waals surface area contributed by atoms with Gasteiger partial charge in [0.25, 0.3) is 0 Å². The van der Waals surface area contributed by atoms with Crippen LogP contribution in [0.15, 0.2) is 78.9 Å². The van der Waals surface area contributed by atoms with Crippen LogP contribution < -0.4 is 4.90 Å². The highest BCUT2D eigenvalue weighted by Gasteiger charge is 2.77. The molecule has 3 nitrogen and oxygen atoms in total. The molecular formula is C24H17Cl2NO2. The number of anilines is 1. The third-order valence-corrected chi connectivity index (χ3v) is 6.65. The Balaban J connectivity index is 1.64. The van der Waals surface area contributed by atoms with Crippen molar-refractivity contribution in [3.05, 3.63) is 100 Å². The van der Waals surface area contributed by atoms with Crippen molar-refractivity contribution < 1.29 is 9.59 Å². The molecule has 1 aliphatic heterocycles. The molecule has 0 aromatic heterocycles. The van der Waals surface area contributed by atoms with E-state index in [2.05, 4.69) is 0 Å². The van der Waals surface area contributed by atoms with Gasteiger partial charge in [-0.3, -0.25) is 9.59 Å². The summed E-state index contributed by atoms with van der Waals surface area (Å²) in [6.45, 7) is 0. The molecule has 2 aliphatic rings. The predicted octanol–water partition coefficient (Wildman–Crippen LogP) is 5.63. The molecule has 2 amide bonds. The molecule has 0 unspecified atom stereocenters. The molecule has 0 radical (unpaired) electrons. The first-order valence-electron chi connectivity index (χ1n) is 9.42. The summed E-state index contributed by atoms with van der Waals surface area (Å²) in [5.41, 5.74) is 1.23. The summed E-state index contributed by atoms with van der Waals surface area (Å²) in [6, 6.07) is 24.8. The third kappa shape index (κ3) is 2.58. The van der Waals surface area contributed by atoms with E-state index in [1.54, 1.807) is 18.2 Å². The van der Waals surface area contributed by atoms with Crippen molar-refractivity contribution in [1.82, 2.24) is 0 Å². The van der Waals surface area contributed by atoms with Crippen LogP contribution in [0, 0.1) is 5.41 Å². The molecule has 0 N–H and O–H groups in total. The van der Waals surface area contributed by atoms with Crippen molar-refractivity contribution in [3.8, 4) is 0 Å². The largest absolute Gasteiger partial charge is 0.274 e. The zero-order valence-electron chi connectivity index (χ0n) is 15.4. The first-order valence-corrected chi connectivity index (χ1v) is 10.2. The number of carbonyl (C=O) groups is 2. The number of nitrogens with zero attached hydrogens (tertiary/aromatic N) is 1. The number of amides is 2. The van der Waals surface area contributed by atoms with E-state index in [4.69, 9.17) is 23.2 Å². The van der Waals surface area contributed by atoms with Crippen LogP contribution in [0.5, 0.6) is 0 Å². The van der Waals surface area contributed by atoms with Gasteiger partial charge >= 0.3 is 0 Å². The number of imide groups is 1. The van der Waals surface area contributed by atoms with Crippen LogP contribution >= 0.6 is 23.2 Å². The first-order chi connectivity index (χ1) is 14.0. The van der Waals surface area contributed by atoms with E-state index in [0.29, 0.717) is 22.2 Å². The molecule has 3 aromatic carbocycles. The lowest BCUT2D eigenvalue weighted by atomic mass is 9.79. The summed E-state index contributed by atoms with van der Waals surface area (Å²) in [5, 5.41) is 0.782. The second-order valence-electron chi connectivity index (χ2n) is 7.73. The zero-order chi connectivity index (χ0) is 20.2. The van der Waals surface area contributed by atoms with Crippen molar-refractivity contribution in [1.29, 1.82) is 0 Å². The van der Waals surface area contributed by atoms with Crippen LogP contribution in [0.1, 0.15) is 24.0 Å². The molecule has 1 saturated carbocycles. The van der Waals surface area contributed by atoms with Crippen molar-refractivity contribution in [3.63, 3.8) is 0 Å². The van der Waals surface area contributed by atoms with Crippen LogP contribution in [0.4, 0.5) is 5.69 Å². The van der Waals surface area contributed by atoms with Gasteiger partial charge in [0.1, 0.15) is 0 Å². The second-order valence-corrected chi connectivity index (χ2v) is 8.61. The van der Waals surface area contributed by atoms with Crippen molar-refractivity contribution in [2.24, 2.45) is 5.41 Å². The van der Waals surface area contributed by atoms with Gasteiger partial charge in [0.05, 0.1) is 11.1 Å². The topological polar surface area (TPSA) is 37.4 Å². The van der Waals surface area contributed by atoms with Gasteiger partial charge in [0, 0.05) is 21.9 Å². The van der Waals surface area contributed by atoms with Crippen molar-refractivity contribution in [2.75, 3.05) is 4.90 Å². The molecule has 5 rings (SSSR count). The molecule has 0 bridgehead atoms. The fraction of sp³-hybridized carbons (Fsp3) is 0.167. The van der Waals surface area contributed by atoms with E-state index in [0.717, 1.165) is 11.1 Å². The Morgan fingerprint density at radius 2 is 1.28 bits per heavy atom. The summed E-state index contributed by atoms with van der Waals surface area (Å²) in [6.07, 6.45) is 0.767. The van der Waals surface area contributed by atoms with Crippen LogP contribution in [0.2, 0.25) is 10.0 Å². The Labute approximate surface area is 178 Å². The minimum atomic E-state index is -0.790. The van der Waals surface area contributed by atoms with Gasteiger partial charge in [-0.25, -0.2) is 4.90 Å². The van der Waals surface area contributed by atoms with Gasteiger partial charge in [-0.1, -0.05) is 83.9 Å². The SMILES string of the molecule is O=C1C[C@]2(CC2(c2ccccc2)c2ccccc2)C(=O)N1c1cc(Cl)cc(Cl)c1. The Morgan fingerprint density at radius 1 is 0.759 bits per heavy atom. The minimum absolute atomic E-state index is 0.166. The van der Waals surface area contributed by atoms with Gasteiger partial charge in [-0.15, -0.1) is 0 Å². The van der Waals surface area contributed by atoms with E-state index >= 15 is 0 Å². The van der Waals surface area contributed by atoms with Crippen molar-refractivity contribution >= 4 is 40.7 Å².